The Morgan fingerprint density at radius 1 is 0.960 bits per heavy atom. The van der Waals surface area contributed by atoms with Crippen LogP contribution in [0.25, 0.3) is 0 Å². The highest BCUT2D eigenvalue weighted by atomic mass is 16.2. The molecule has 0 saturated carbocycles. The number of piperidine rings is 1. The minimum atomic E-state index is 0.263. The van der Waals surface area contributed by atoms with Crippen LogP contribution in [0.4, 0.5) is 0 Å². The van der Waals surface area contributed by atoms with Gasteiger partial charge >= 0.3 is 0 Å². The second kappa shape index (κ2) is 9.35. The number of rotatable bonds is 6. The summed E-state index contributed by atoms with van der Waals surface area (Å²) in [6.07, 6.45) is 4.44. The Labute approximate surface area is 152 Å². The predicted molar refractivity (Wildman–Crippen MR) is 103 cm³/mol. The number of likely N-dealkylation sites (tertiary alicyclic amines) is 1. The molecule has 0 aliphatic carbocycles. The van der Waals surface area contributed by atoms with Gasteiger partial charge in [-0.2, -0.15) is 0 Å². The molecule has 0 N–H and O–H groups in total. The number of aryl methyl sites for hydroxylation is 1. The summed E-state index contributed by atoms with van der Waals surface area (Å²) in [6.45, 7) is 10.6. The van der Waals surface area contributed by atoms with Gasteiger partial charge in [-0.3, -0.25) is 4.79 Å². The molecule has 2 aliphatic heterocycles. The first-order valence-electron chi connectivity index (χ1n) is 10.0. The SMILES string of the molecule is CCN1CCN(C(=O)C2CCN(CCCc3ccccc3)CC2)CC1. The molecule has 2 saturated heterocycles. The van der Waals surface area contributed by atoms with E-state index in [-0.39, 0.29) is 5.92 Å². The van der Waals surface area contributed by atoms with Crippen LogP contribution in [-0.4, -0.2) is 73.0 Å². The van der Waals surface area contributed by atoms with Gasteiger partial charge in [-0.15, -0.1) is 0 Å². The Kier molecular flexibility index (Phi) is 6.88. The molecule has 1 amide bonds. The molecule has 2 aliphatic rings. The second-order valence-corrected chi connectivity index (χ2v) is 7.46. The van der Waals surface area contributed by atoms with E-state index in [9.17, 15) is 4.79 Å². The van der Waals surface area contributed by atoms with Gasteiger partial charge in [-0.25, -0.2) is 0 Å². The molecule has 0 aromatic heterocycles. The minimum absolute atomic E-state index is 0.263. The van der Waals surface area contributed by atoms with E-state index in [0.29, 0.717) is 5.91 Å². The first-order valence-corrected chi connectivity index (χ1v) is 10.0. The van der Waals surface area contributed by atoms with E-state index in [2.05, 4.69) is 52.0 Å². The topological polar surface area (TPSA) is 26.8 Å². The van der Waals surface area contributed by atoms with E-state index in [1.165, 1.54) is 12.0 Å². The van der Waals surface area contributed by atoms with E-state index >= 15 is 0 Å². The number of carbonyl (C=O) groups excluding carboxylic acids is 1. The molecule has 3 rings (SSSR count). The molecule has 0 bridgehead atoms. The first kappa shape index (κ1) is 18.4. The van der Waals surface area contributed by atoms with Crippen molar-refractivity contribution in [3.05, 3.63) is 35.9 Å². The summed E-state index contributed by atoms with van der Waals surface area (Å²) < 4.78 is 0. The van der Waals surface area contributed by atoms with Gasteiger partial charge in [0, 0.05) is 32.1 Å². The number of hydrogen-bond acceptors (Lipinski definition) is 3. The number of hydrogen-bond donors (Lipinski definition) is 0. The number of benzene rings is 1. The van der Waals surface area contributed by atoms with Crippen LogP contribution in [0, 0.1) is 5.92 Å². The van der Waals surface area contributed by atoms with Gasteiger partial charge < -0.3 is 14.7 Å². The summed E-state index contributed by atoms with van der Waals surface area (Å²) in [4.78, 5) is 19.8. The molecule has 1 aromatic rings. The maximum atomic E-state index is 12.7. The van der Waals surface area contributed by atoms with E-state index in [4.69, 9.17) is 0 Å². The Morgan fingerprint density at radius 2 is 1.64 bits per heavy atom. The van der Waals surface area contributed by atoms with Crippen LogP contribution in [0.3, 0.4) is 0 Å². The average Bonchev–Trinajstić information content (AvgIpc) is 2.69. The van der Waals surface area contributed by atoms with Crippen LogP contribution < -0.4 is 0 Å². The highest BCUT2D eigenvalue weighted by molar-refractivity contribution is 5.79. The number of nitrogens with zero attached hydrogens (tertiary/aromatic N) is 3. The van der Waals surface area contributed by atoms with Crippen LogP contribution in [-0.2, 0) is 11.2 Å². The fraction of sp³-hybridized carbons (Fsp3) is 0.667. The van der Waals surface area contributed by atoms with Gasteiger partial charge in [-0.1, -0.05) is 37.3 Å². The van der Waals surface area contributed by atoms with Gasteiger partial charge in [0.1, 0.15) is 0 Å². The molecule has 2 fully saturated rings. The lowest BCUT2D eigenvalue weighted by atomic mass is 9.94. The van der Waals surface area contributed by atoms with Crippen LogP contribution in [0.15, 0.2) is 30.3 Å². The number of amides is 1. The Morgan fingerprint density at radius 3 is 2.28 bits per heavy atom. The van der Waals surface area contributed by atoms with Crippen molar-refractivity contribution < 1.29 is 4.79 Å². The quantitative estimate of drug-likeness (QED) is 0.794. The fourth-order valence-corrected chi connectivity index (χ4v) is 4.10. The highest BCUT2D eigenvalue weighted by Crippen LogP contribution is 2.21. The first-order chi connectivity index (χ1) is 12.3. The summed E-state index contributed by atoms with van der Waals surface area (Å²) in [6, 6.07) is 10.7. The van der Waals surface area contributed by atoms with Crippen molar-refractivity contribution in [1.29, 1.82) is 0 Å². The second-order valence-electron chi connectivity index (χ2n) is 7.46. The third-order valence-corrected chi connectivity index (χ3v) is 5.85. The molecular weight excluding hydrogens is 310 g/mol. The third kappa shape index (κ3) is 5.29. The molecule has 2 heterocycles. The maximum Gasteiger partial charge on any atom is 0.225 e. The molecule has 0 unspecified atom stereocenters. The standard InChI is InChI=1S/C21H33N3O/c1-2-22-15-17-24(18-16-22)21(25)20-10-13-23(14-11-20)12-6-9-19-7-4-3-5-8-19/h3-5,7-8,20H,2,6,9-18H2,1H3. The van der Waals surface area contributed by atoms with Crippen molar-refractivity contribution in [2.24, 2.45) is 5.92 Å². The summed E-state index contributed by atoms with van der Waals surface area (Å²) in [5.74, 6) is 0.679. The summed E-state index contributed by atoms with van der Waals surface area (Å²) in [5.41, 5.74) is 1.43. The van der Waals surface area contributed by atoms with Gasteiger partial charge in [-0.05, 0) is 57.4 Å². The van der Waals surface area contributed by atoms with Crippen LogP contribution in [0.1, 0.15) is 31.7 Å². The maximum absolute atomic E-state index is 12.7. The summed E-state index contributed by atoms with van der Waals surface area (Å²) in [5, 5.41) is 0. The molecule has 0 atom stereocenters. The molecule has 138 valence electrons. The zero-order valence-electron chi connectivity index (χ0n) is 15.7. The van der Waals surface area contributed by atoms with Crippen molar-refractivity contribution >= 4 is 5.91 Å². The van der Waals surface area contributed by atoms with Crippen LogP contribution in [0.5, 0.6) is 0 Å². The molecule has 25 heavy (non-hydrogen) atoms. The number of carbonyl (C=O) groups is 1. The van der Waals surface area contributed by atoms with Crippen LogP contribution in [0.2, 0.25) is 0 Å². The van der Waals surface area contributed by atoms with Gasteiger partial charge in [0.15, 0.2) is 0 Å². The molecular formula is C21H33N3O. The molecule has 0 radical (unpaired) electrons. The van der Waals surface area contributed by atoms with Crippen molar-refractivity contribution in [3.8, 4) is 0 Å². The predicted octanol–water partition coefficient (Wildman–Crippen LogP) is 2.50. The van der Waals surface area contributed by atoms with Crippen molar-refractivity contribution in [2.75, 3.05) is 52.4 Å². The smallest absolute Gasteiger partial charge is 0.225 e. The third-order valence-electron chi connectivity index (χ3n) is 5.85. The van der Waals surface area contributed by atoms with Crippen molar-refractivity contribution in [2.45, 2.75) is 32.6 Å². The van der Waals surface area contributed by atoms with Crippen molar-refractivity contribution in [3.63, 3.8) is 0 Å². The zero-order valence-corrected chi connectivity index (χ0v) is 15.7. The van der Waals surface area contributed by atoms with E-state index in [0.717, 1.165) is 71.6 Å². The lowest BCUT2D eigenvalue weighted by molar-refractivity contribution is -0.138. The Hall–Kier alpha value is -1.39. The largest absolute Gasteiger partial charge is 0.340 e. The minimum Gasteiger partial charge on any atom is -0.340 e. The molecule has 4 heteroatoms. The van der Waals surface area contributed by atoms with Crippen molar-refractivity contribution in [1.82, 2.24) is 14.7 Å². The Balaban J connectivity index is 1.35. The summed E-state index contributed by atoms with van der Waals surface area (Å²) >= 11 is 0. The zero-order chi connectivity index (χ0) is 17.5. The average molecular weight is 344 g/mol. The van der Waals surface area contributed by atoms with E-state index in [1.54, 1.807) is 0 Å². The normalized spacial score (nSPS) is 20.8. The van der Waals surface area contributed by atoms with Gasteiger partial charge in [0.2, 0.25) is 5.91 Å². The Bertz CT molecular complexity index is 517. The van der Waals surface area contributed by atoms with Gasteiger partial charge in [0.25, 0.3) is 0 Å². The summed E-state index contributed by atoms with van der Waals surface area (Å²) in [7, 11) is 0. The highest BCUT2D eigenvalue weighted by Gasteiger charge is 2.29. The number of piperazine rings is 1. The number of likely N-dealkylation sites (N-methyl/N-ethyl adjacent to an activating group) is 1. The molecule has 1 aromatic carbocycles. The van der Waals surface area contributed by atoms with E-state index in [1.807, 2.05) is 0 Å². The molecule has 4 nitrogen and oxygen atoms in total. The monoisotopic (exact) mass is 343 g/mol. The van der Waals surface area contributed by atoms with E-state index < -0.39 is 0 Å². The molecule has 0 spiro atoms. The lowest BCUT2D eigenvalue weighted by Crippen LogP contribution is -2.51. The van der Waals surface area contributed by atoms with Crippen LogP contribution >= 0.6 is 0 Å². The lowest BCUT2D eigenvalue weighted by Gasteiger charge is -2.38. The fourth-order valence-electron chi connectivity index (χ4n) is 4.10. The van der Waals surface area contributed by atoms with Gasteiger partial charge in [0.05, 0.1) is 0 Å².